The molecule has 0 aliphatic heterocycles. The normalized spacial score (nSPS) is 10.4. The summed E-state index contributed by atoms with van der Waals surface area (Å²) in [6, 6.07) is 11.9. The molecule has 136 valence electrons. The fourth-order valence-corrected chi connectivity index (χ4v) is 2.20. The number of methoxy groups -OCH3 is 1. The number of hydrazine groups is 1. The topological polar surface area (TPSA) is 56.5 Å². The third kappa shape index (κ3) is 5.86. The zero-order chi connectivity index (χ0) is 18.8. The van der Waals surface area contributed by atoms with Crippen LogP contribution in [0.15, 0.2) is 55.1 Å². The van der Waals surface area contributed by atoms with E-state index < -0.39 is 0 Å². The number of hydrogen-bond donors (Lipinski definition) is 3. The van der Waals surface area contributed by atoms with E-state index in [1.807, 2.05) is 6.07 Å². The van der Waals surface area contributed by atoms with Gasteiger partial charge in [0.25, 0.3) is 0 Å². The van der Waals surface area contributed by atoms with Crippen LogP contribution in [0.5, 0.6) is 11.5 Å². The first kappa shape index (κ1) is 19.4. The van der Waals surface area contributed by atoms with E-state index in [4.69, 9.17) is 21.7 Å². The van der Waals surface area contributed by atoms with Gasteiger partial charge in [0.05, 0.1) is 7.11 Å². The Morgan fingerprint density at radius 3 is 2.81 bits per heavy atom. The lowest BCUT2D eigenvalue weighted by Gasteiger charge is -2.11. The van der Waals surface area contributed by atoms with Gasteiger partial charge in [-0.05, 0) is 36.5 Å². The first-order valence-corrected chi connectivity index (χ1v) is 8.32. The van der Waals surface area contributed by atoms with Crippen molar-refractivity contribution in [1.82, 2.24) is 10.7 Å². The molecule has 0 radical (unpaired) electrons. The van der Waals surface area contributed by atoms with Gasteiger partial charge in [-0.2, -0.15) is 0 Å². The molecule has 0 spiro atoms. The molecule has 0 aromatic heterocycles. The molecule has 0 amide bonds. The number of thiocarbonyl (C=S) groups is 1. The van der Waals surface area contributed by atoms with Crippen molar-refractivity contribution >= 4 is 23.5 Å². The zero-order valence-electron chi connectivity index (χ0n) is 14.4. The molecule has 0 aliphatic carbocycles. The van der Waals surface area contributed by atoms with Crippen LogP contribution in [0.3, 0.4) is 0 Å². The zero-order valence-corrected chi connectivity index (χ0v) is 15.2. The molecule has 0 aliphatic rings. The first-order chi connectivity index (χ1) is 12.6. The monoisotopic (exact) mass is 374 g/mol. The Bertz CT molecular complexity index is 796. The largest absolute Gasteiger partial charge is 0.493 e. The molecule has 0 unspecified atom stereocenters. The third-order valence-corrected chi connectivity index (χ3v) is 3.61. The predicted molar refractivity (Wildman–Crippen MR) is 104 cm³/mol. The average molecular weight is 374 g/mol. The van der Waals surface area contributed by atoms with Crippen LogP contribution in [0.2, 0.25) is 0 Å². The predicted octanol–water partition coefficient (Wildman–Crippen LogP) is 1.48. The summed E-state index contributed by atoms with van der Waals surface area (Å²) in [7, 11) is 1.55. The molecule has 2 aromatic rings. The van der Waals surface area contributed by atoms with Crippen molar-refractivity contribution in [3.8, 4) is 11.5 Å². The van der Waals surface area contributed by atoms with Gasteiger partial charge in [0, 0.05) is 17.7 Å². The average Bonchev–Trinajstić information content (AvgIpc) is 2.66. The molecule has 0 fully saturated rings. The fraction of sp³-hybridized carbons (Fsp3) is 0.158. The Morgan fingerprint density at radius 2 is 2.08 bits per heavy atom. The molecular weight excluding hydrogens is 353 g/mol. The van der Waals surface area contributed by atoms with Gasteiger partial charge in [-0.1, -0.05) is 24.3 Å². The molecule has 3 N–H and O–H groups in total. The molecule has 0 saturated carbocycles. The Balaban J connectivity index is 1.99. The quantitative estimate of drug-likeness (QED) is 0.283. The highest BCUT2D eigenvalue weighted by atomic mass is 32.1. The number of hydrogen-bond acceptors (Lipinski definition) is 3. The van der Waals surface area contributed by atoms with Crippen LogP contribution in [0.1, 0.15) is 11.1 Å². The molecule has 0 atom stereocenters. The number of halogens is 1. The lowest BCUT2D eigenvalue weighted by atomic mass is 10.2. The second-order valence-electron chi connectivity index (χ2n) is 5.20. The van der Waals surface area contributed by atoms with E-state index in [1.54, 1.807) is 49.7 Å². The van der Waals surface area contributed by atoms with E-state index >= 15 is 0 Å². The Morgan fingerprint density at radius 1 is 1.27 bits per heavy atom. The molecule has 7 heteroatoms. The number of ether oxygens (including phenoxy) is 2. The van der Waals surface area contributed by atoms with Crippen LogP contribution in [0.4, 0.5) is 4.39 Å². The lowest BCUT2D eigenvalue weighted by molar-refractivity contribution is -0.500. The van der Waals surface area contributed by atoms with Crippen molar-refractivity contribution in [2.45, 2.75) is 6.61 Å². The summed E-state index contributed by atoms with van der Waals surface area (Å²) in [5.41, 5.74) is 4.15. The summed E-state index contributed by atoms with van der Waals surface area (Å²) >= 11 is 5.07. The Labute approximate surface area is 157 Å². The summed E-state index contributed by atoms with van der Waals surface area (Å²) in [5, 5.41) is 6.28. The lowest BCUT2D eigenvalue weighted by Crippen LogP contribution is -2.82. The van der Waals surface area contributed by atoms with Gasteiger partial charge in [-0.15, -0.1) is 17.1 Å². The highest BCUT2D eigenvalue weighted by molar-refractivity contribution is 7.80. The number of nitrogens with one attached hydrogen (secondary N) is 3. The molecule has 2 aromatic carbocycles. The molecule has 0 heterocycles. The fourth-order valence-electron chi connectivity index (χ4n) is 2.06. The second kappa shape index (κ2) is 10.1. The van der Waals surface area contributed by atoms with Gasteiger partial charge in [0.1, 0.15) is 12.4 Å². The van der Waals surface area contributed by atoms with Crippen LogP contribution in [-0.2, 0) is 6.61 Å². The minimum absolute atomic E-state index is 0.120. The van der Waals surface area contributed by atoms with Crippen molar-refractivity contribution in [2.24, 2.45) is 0 Å². The van der Waals surface area contributed by atoms with Crippen molar-refractivity contribution in [3.05, 3.63) is 72.1 Å². The second-order valence-corrected chi connectivity index (χ2v) is 5.61. The maximum atomic E-state index is 13.7. The van der Waals surface area contributed by atoms with Crippen LogP contribution < -0.4 is 25.3 Å². The van der Waals surface area contributed by atoms with E-state index in [0.29, 0.717) is 28.7 Å². The van der Waals surface area contributed by atoms with Gasteiger partial charge >= 0.3 is 0 Å². The standard InChI is InChI=1S/C19H20FN3O2S/c1-3-10-21-19(26)23-22-12-14-8-9-17(18(11-14)24-2)25-13-15-6-4-5-7-16(15)20/h3-9,11-12H,1,10,13H2,2H3,(H2,21,23,26)/p+1. The van der Waals surface area contributed by atoms with Crippen molar-refractivity contribution in [1.29, 1.82) is 0 Å². The van der Waals surface area contributed by atoms with E-state index in [2.05, 4.69) is 22.4 Å². The summed E-state index contributed by atoms with van der Waals surface area (Å²) < 4.78 is 24.7. The Kier molecular flexibility index (Phi) is 7.57. The molecule has 26 heavy (non-hydrogen) atoms. The van der Waals surface area contributed by atoms with Crippen molar-refractivity contribution in [3.63, 3.8) is 0 Å². The van der Waals surface area contributed by atoms with Gasteiger partial charge in [0.15, 0.2) is 17.7 Å². The minimum Gasteiger partial charge on any atom is -0.493 e. The van der Waals surface area contributed by atoms with Crippen LogP contribution in [0, 0.1) is 5.82 Å². The molecule has 5 nitrogen and oxygen atoms in total. The van der Waals surface area contributed by atoms with Crippen molar-refractivity contribution < 1.29 is 19.0 Å². The highest BCUT2D eigenvalue weighted by Gasteiger charge is 2.08. The number of rotatable bonds is 8. The highest BCUT2D eigenvalue weighted by Crippen LogP contribution is 2.28. The van der Waals surface area contributed by atoms with Gasteiger partial charge in [-0.3, -0.25) is 0 Å². The van der Waals surface area contributed by atoms with Gasteiger partial charge in [0.2, 0.25) is 5.11 Å². The van der Waals surface area contributed by atoms with Gasteiger partial charge in [-0.25, -0.2) is 4.39 Å². The number of hydrazone groups is 1. The van der Waals surface area contributed by atoms with Crippen LogP contribution >= 0.6 is 12.2 Å². The SMILES string of the molecule is C=CCNC(=S)N[NH+]=Cc1ccc(OCc2ccccc2F)c(OC)c1. The van der Waals surface area contributed by atoms with Crippen LogP contribution in [-0.4, -0.2) is 25.0 Å². The molecular formula is C19H21FN3O2S+. The summed E-state index contributed by atoms with van der Waals surface area (Å²) in [6.45, 7) is 4.30. The Hall–Kier alpha value is -2.93. The van der Waals surface area contributed by atoms with Gasteiger partial charge < -0.3 is 14.8 Å². The molecule has 2 rings (SSSR count). The summed E-state index contributed by atoms with van der Waals surface area (Å²) in [4.78, 5) is 0. The van der Waals surface area contributed by atoms with E-state index in [0.717, 1.165) is 5.56 Å². The van der Waals surface area contributed by atoms with Crippen LogP contribution in [0.25, 0.3) is 0 Å². The maximum Gasteiger partial charge on any atom is 0.224 e. The van der Waals surface area contributed by atoms with Crippen molar-refractivity contribution in [2.75, 3.05) is 13.7 Å². The third-order valence-electron chi connectivity index (χ3n) is 3.36. The minimum atomic E-state index is -0.298. The maximum absolute atomic E-state index is 13.7. The van der Waals surface area contributed by atoms with E-state index in [9.17, 15) is 4.39 Å². The number of benzene rings is 2. The summed E-state index contributed by atoms with van der Waals surface area (Å²) in [5.74, 6) is 0.779. The summed E-state index contributed by atoms with van der Waals surface area (Å²) in [6.07, 6.45) is 3.44. The first-order valence-electron chi connectivity index (χ1n) is 7.91. The van der Waals surface area contributed by atoms with E-state index in [-0.39, 0.29) is 12.4 Å². The molecule has 0 saturated heterocycles. The molecule has 0 bridgehead atoms. The van der Waals surface area contributed by atoms with E-state index in [1.165, 1.54) is 6.07 Å². The smallest absolute Gasteiger partial charge is 0.224 e.